The van der Waals surface area contributed by atoms with Gasteiger partial charge in [0.05, 0.1) is 22.8 Å². The summed E-state index contributed by atoms with van der Waals surface area (Å²) in [5.41, 5.74) is 20.1. The highest BCUT2D eigenvalue weighted by atomic mass is 19.1. The van der Waals surface area contributed by atoms with Gasteiger partial charge in [-0.15, -0.1) is 0 Å². The molecule has 0 saturated carbocycles. The highest BCUT2D eigenvalue weighted by Crippen LogP contribution is 2.38. The minimum Gasteiger partial charge on any atom is -0.383 e. The second-order valence-electron chi connectivity index (χ2n) is 8.37. The number of aliphatic imine (C=N–C) groups is 1. The Morgan fingerprint density at radius 1 is 1.12 bits per heavy atom. The molecule has 0 radical (unpaired) electrons. The standard InChI is InChI=1S/C25H22FN7/c1-14(16-9-22(28-10-16)18-4-2-3-5-20(18)26)33-12-19(23-24(27)29-13-30-25(23)33)15-6-7-21-17(8-15)11-31-32-21/h2-8,10,12-14,31-32H,9,11H2,1H3,(H2,27,29,30). The summed E-state index contributed by atoms with van der Waals surface area (Å²) in [4.78, 5) is 13.3. The molecule has 4 N–H and O–H groups in total. The van der Waals surface area contributed by atoms with Crippen LogP contribution in [0.1, 0.15) is 30.5 Å². The van der Waals surface area contributed by atoms with Crippen molar-refractivity contribution in [3.8, 4) is 11.1 Å². The zero-order valence-electron chi connectivity index (χ0n) is 18.0. The molecule has 1 atom stereocenters. The second kappa shape index (κ2) is 7.53. The molecule has 33 heavy (non-hydrogen) atoms. The van der Waals surface area contributed by atoms with E-state index in [1.54, 1.807) is 12.1 Å². The number of fused-ring (bicyclic) bond motifs is 2. The number of nitrogen functional groups attached to an aromatic ring is 1. The lowest BCUT2D eigenvalue weighted by Gasteiger charge is -2.16. The monoisotopic (exact) mass is 439 g/mol. The van der Waals surface area contributed by atoms with E-state index in [2.05, 4.69) is 61.7 Å². The van der Waals surface area contributed by atoms with Gasteiger partial charge in [0.25, 0.3) is 0 Å². The molecule has 8 heteroatoms. The first-order chi connectivity index (χ1) is 16.1. The van der Waals surface area contributed by atoms with Gasteiger partial charge in [0.1, 0.15) is 23.6 Å². The minimum atomic E-state index is -0.256. The number of nitrogens with one attached hydrogen (secondary N) is 2. The van der Waals surface area contributed by atoms with Gasteiger partial charge in [-0.25, -0.2) is 19.8 Å². The molecule has 2 aliphatic rings. The highest BCUT2D eigenvalue weighted by Gasteiger charge is 2.24. The van der Waals surface area contributed by atoms with E-state index in [0.29, 0.717) is 17.8 Å². The average molecular weight is 439 g/mol. The van der Waals surface area contributed by atoms with Gasteiger partial charge in [-0.1, -0.05) is 24.3 Å². The maximum absolute atomic E-state index is 14.3. The molecule has 0 aliphatic carbocycles. The number of hydrogen-bond acceptors (Lipinski definition) is 6. The average Bonchev–Trinajstić information content (AvgIpc) is 3.57. The number of rotatable bonds is 4. The Morgan fingerprint density at radius 2 is 2.00 bits per heavy atom. The molecule has 0 saturated heterocycles. The van der Waals surface area contributed by atoms with Gasteiger partial charge in [-0.2, -0.15) is 0 Å². The van der Waals surface area contributed by atoms with Crippen LogP contribution in [0.25, 0.3) is 22.2 Å². The Hall–Kier alpha value is -4.04. The van der Waals surface area contributed by atoms with Crippen LogP contribution in [0.15, 0.2) is 71.8 Å². The fraction of sp³-hybridized carbons (Fsp3) is 0.160. The predicted octanol–water partition coefficient (Wildman–Crippen LogP) is 4.59. The van der Waals surface area contributed by atoms with Crippen molar-refractivity contribution in [2.45, 2.75) is 25.9 Å². The van der Waals surface area contributed by atoms with Crippen LogP contribution in [0.2, 0.25) is 0 Å². The van der Waals surface area contributed by atoms with E-state index in [4.69, 9.17) is 5.73 Å². The van der Waals surface area contributed by atoms with Crippen molar-refractivity contribution in [3.05, 3.63) is 83.7 Å². The van der Waals surface area contributed by atoms with Crippen LogP contribution in [0.5, 0.6) is 0 Å². The Balaban J connectivity index is 1.39. The molecule has 7 nitrogen and oxygen atoms in total. The van der Waals surface area contributed by atoms with Crippen LogP contribution >= 0.6 is 0 Å². The zero-order valence-corrected chi connectivity index (χ0v) is 18.0. The Labute approximate surface area is 189 Å². The fourth-order valence-electron chi connectivity index (χ4n) is 4.63. The molecule has 0 fully saturated rings. The van der Waals surface area contributed by atoms with Crippen molar-refractivity contribution in [3.63, 3.8) is 0 Å². The molecule has 4 aromatic rings. The van der Waals surface area contributed by atoms with Crippen molar-refractivity contribution in [1.82, 2.24) is 20.0 Å². The van der Waals surface area contributed by atoms with Gasteiger partial charge in [-0.05, 0) is 41.8 Å². The van der Waals surface area contributed by atoms with Crippen LogP contribution in [0.4, 0.5) is 15.9 Å². The molecule has 0 amide bonds. The Kier molecular flexibility index (Phi) is 4.48. The summed E-state index contributed by atoms with van der Waals surface area (Å²) in [6.07, 6.45) is 5.99. The largest absolute Gasteiger partial charge is 0.383 e. The molecule has 164 valence electrons. The van der Waals surface area contributed by atoms with Gasteiger partial charge >= 0.3 is 0 Å². The molecule has 1 unspecified atom stereocenters. The molecule has 6 rings (SSSR count). The molecular formula is C25H22FN7. The van der Waals surface area contributed by atoms with Crippen LogP contribution < -0.4 is 16.6 Å². The molecule has 2 aromatic heterocycles. The Bertz CT molecular complexity index is 1470. The van der Waals surface area contributed by atoms with Gasteiger partial charge in [0.15, 0.2) is 0 Å². The number of hydrogen-bond donors (Lipinski definition) is 3. The highest BCUT2D eigenvalue weighted by molar-refractivity contribution is 6.04. The summed E-state index contributed by atoms with van der Waals surface area (Å²) < 4.78 is 16.4. The third kappa shape index (κ3) is 3.18. The fourth-order valence-corrected chi connectivity index (χ4v) is 4.63. The summed E-state index contributed by atoms with van der Waals surface area (Å²) in [6.45, 7) is 2.86. The van der Waals surface area contributed by atoms with Crippen LogP contribution in [0, 0.1) is 5.82 Å². The third-order valence-corrected chi connectivity index (χ3v) is 6.45. The maximum Gasteiger partial charge on any atom is 0.146 e. The number of allylic oxidation sites excluding steroid dienone is 1. The second-order valence-corrected chi connectivity index (χ2v) is 8.37. The summed E-state index contributed by atoms with van der Waals surface area (Å²) in [6, 6.07) is 13.0. The van der Waals surface area contributed by atoms with E-state index in [-0.39, 0.29) is 11.9 Å². The predicted molar refractivity (Wildman–Crippen MR) is 128 cm³/mol. The maximum atomic E-state index is 14.3. The van der Waals surface area contributed by atoms with Crippen molar-refractivity contribution < 1.29 is 4.39 Å². The van der Waals surface area contributed by atoms with E-state index >= 15 is 0 Å². The normalized spacial score (nSPS) is 15.8. The number of halogens is 1. The number of hydrazine groups is 1. The molecule has 4 heterocycles. The number of anilines is 2. The van der Waals surface area contributed by atoms with Crippen LogP contribution in [-0.4, -0.2) is 20.2 Å². The summed E-state index contributed by atoms with van der Waals surface area (Å²) in [5, 5.41) is 0.831. The lowest BCUT2D eigenvalue weighted by molar-refractivity contribution is 0.623. The first kappa shape index (κ1) is 19.6. The molecule has 0 spiro atoms. The number of aromatic nitrogens is 3. The van der Waals surface area contributed by atoms with Crippen LogP contribution in [0.3, 0.4) is 0 Å². The van der Waals surface area contributed by atoms with Gasteiger partial charge in [0.2, 0.25) is 0 Å². The third-order valence-electron chi connectivity index (χ3n) is 6.45. The lowest BCUT2D eigenvalue weighted by atomic mass is 10.0. The van der Waals surface area contributed by atoms with Crippen molar-refractivity contribution in [1.29, 1.82) is 0 Å². The topological polar surface area (TPSA) is 93.2 Å². The first-order valence-electron chi connectivity index (χ1n) is 10.8. The van der Waals surface area contributed by atoms with Gasteiger partial charge in [0, 0.05) is 36.5 Å². The Morgan fingerprint density at radius 3 is 2.88 bits per heavy atom. The minimum absolute atomic E-state index is 0.0404. The number of nitrogens with two attached hydrogens (primary N) is 1. The van der Waals surface area contributed by atoms with Crippen molar-refractivity contribution >= 4 is 28.3 Å². The molecule has 2 aliphatic heterocycles. The van der Waals surface area contributed by atoms with E-state index in [1.807, 2.05) is 12.3 Å². The van der Waals surface area contributed by atoms with E-state index in [1.165, 1.54) is 18.0 Å². The zero-order chi connectivity index (χ0) is 22.5. The van der Waals surface area contributed by atoms with Crippen molar-refractivity contribution in [2.75, 3.05) is 11.2 Å². The van der Waals surface area contributed by atoms with Crippen molar-refractivity contribution in [2.24, 2.45) is 4.99 Å². The van der Waals surface area contributed by atoms with E-state index in [0.717, 1.165) is 45.7 Å². The summed E-state index contributed by atoms with van der Waals surface area (Å²) in [5.74, 6) is 0.190. The molecular weight excluding hydrogens is 417 g/mol. The van der Waals surface area contributed by atoms with E-state index in [9.17, 15) is 4.39 Å². The summed E-state index contributed by atoms with van der Waals surface area (Å²) in [7, 11) is 0. The van der Waals surface area contributed by atoms with Gasteiger partial charge < -0.3 is 15.7 Å². The quantitative estimate of drug-likeness (QED) is 0.433. The van der Waals surface area contributed by atoms with Crippen LogP contribution in [-0.2, 0) is 6.54 Å². The van der Waals surface area contributed by atoms with E-state index < -0.39 is 0 Å². The molecule has 2 aromatic carbocycles. The number of nitrogens with zero attached hydrogens (tertiary/aromatic N) is 4. The smallest absolute Gasteiger partial charge is 0.146 e. The first-order valence-corrected chi connectivity index (χ1v) is 10.8. The summed E-state index contributed by atoms with van der Waals surface area (Å²) >= 11 is 0. The molecule has 0 bridgehead atoms. The van der Waals surface area contributed by atoms with Gasteiger partial charge in [-0.3, -0.25) is 4.99 Å². The lowest BCUT2D eigenvalue weighted by Crippen LogP contribution is -2.10. The SMILES string of the molecule is CC(C1=CN=C(c2ccccc2F)C1)n1cc(-c2ccc3c(c2)CNN3)c2c(N)ncnc21. The number of benzene rings is 2.